The number of hydrogen-bond donors (Lipinski definition) is 1. The average molecular weight is 311 g/mol. The van der Waals surface area contributed by atoms with E-state index in [1.54, 1.807) is 18.7 Å². The lowest BCUT2D eigenvalue weighted by Crippen LogP contribution is -2.12. The molecule has 0 saturated carbocycles. The third kappa shape index (κ3) is 3.58. The molecular formula is C13H15BrN2O2. The molecule has 0 aromatic carbocycles. The Labute approximate surface area is 114 Å². The summed E-state index contributed by atoms with van der Waals surface area (Å²) in [5.74, 6) is 1.56. The van der Waals surface area contributed by atoms with E-state index < -0.39 is 0 Å². The number of ether oxygens (including phenoxy) is 1. The zero-order valence-corrected chi connectivity index (χ0v) is 11.7. The molecule has 2 rings (SSSR count). The van der Waals surface area contributed by atoms with Crippen molar-refractivity contribution in [2.75, 3.05) is 6.54 Å². The third-order valence-electron chi connectivity index (χ3n) is 2.45. The molecule has 18 heavy (non-hydrogen) atoms. The first kappa shape index (κ1) is 13.1. The summed E-state index contributed by atoms with van der Waals surface area (Å²) >= 11 is 3.35. The number of aromatic nitrogens is 1. The number of halogens is 1. The summed E-state index contributed by atoms with van der Waals surface area (Å²) in [7, 11) is 0. The highest BCUT2D eigenvalue weighted by atomic mass is 79.9. The molecule has 0 bridgehead atoms. The van der Waals surface area contributed by atoms with Crippen molar-refractivity contribution in [3.8, 4) is 5.75 Å². The van der Waals surface area contributed by atoms with Crippen molar-refractivity contribution in [3.05, 3.63) is 46.6 Å². The Kier molecular flexibility index (Phi) is 4.78. The van der Waals surface area contributed by atoms with E-state index in [2.05, 4.69) is 33.2 Å². The van der Waals surface area contributed by atoms with E-state index in [0.717, 1.165) is 34.6 Å². The Hall–Kier alpha value is -1.33. The maximum Gasteiger partial charge on any atom is 0.146 e. The number of nitrogens with zero attached hydrogens (tertiary/aromatic N) is 1. The fourth-order valence-electron chi connectivity index (χ4n) is 1.53. The second-order valence-electron chi connectivity index (χ2n) is 3.78. The van der Waals surface area contributed by atoms with Gasteiger partial charge in [-0.3, -0.25) is 4.98 Å². The topological polar surface area (TPSA) is 47.3 Å². The summed E-state index contributed by atoms with van der Waals surface area (Å²) in [5, 5.41) is 3.26. The van der Waals surface area contributed by atoms with Crippen LogP contribution in [0.15, 0.2) is 39.7 Å². The van der Waals surface area contributed by atoms with Crippen LogP contribution in [-0.4, -0.2) is 11.5 Å². The Morgan fingerprint density at radius 1 is 1.44 bits per heavy atom. The van der Waals surface area contributed by atoms with Crippen LogP contribution in [0, 0.1) is 0 Å². The first-order valence-electron chi connectivity index (χ1n) is 5.79. The van der Waals surface area contributed by atoms with Crippen LogP contribution in [0.5, 0.6) is 5.75 Å². The van der Waals surface area contributed by atoms with Gasteiger partial charge in [0.2, 0.25) is 0 Å². The van der Waals surface area contributed by atoms with Gasteiger partial charge in [-0.25, -0.2) is 0 Å². The predicted octanol–water partition coefficient (Wildman–Crippen LogP) is 3.13. The summed E-state index contributed by atoms with van der Waals surface area (Å²) in [6.07, 6.45) is 5.08. The number of furan rings is 1. The van der Waals surface area contributed by atoms with E-state index in [1.165, 1.54) is 0 Å². The number of rotatable bonds is 6. The van der Waals surface area contributed by atoms with Crippen molar-refractivity contribution in [3.63, 3.8) is 0 Å². The molecule has 4 nitrogen and oxygen atoms in total. The third-order valence-corrected chi connectivity index (χ3v) is 2.89. The highest BCUT2D eigenvalue weighted by molar-refractivity contribution is 9.10. The van der Waals surface area contributed by atoms with Crippen molar-refractivity contribution in [2.45, 2.75) is 20.1 Å². The lowest BCUT2D eigenvalue weighted by molar-refractivity contribution is 0.267. The lowest BCUT2D eigenvalue weighted by Gasteiger charge is -2.06. The highest BCUT2D eigenvalue weighted by Gasteiger charge is 2.07. The van der Waals surface area contributed by atoms with E-state index in [9.17, 15) is 0 Å². The largest absolute Gasteiger partial charge is 0.484 e. The van der Waals surface area contributed by atoms with E-state index in [0.29, 0.717) is 6.61 Å². The van der Waals surface area contributed by atoms with Crippen LogP contribution in [0.2, 0.25) is 0 Å². The average Bonchev–Trinajstić information content (AvgIpc) is 2.81. The summed E-state index contributed by atoms with van der Waals surface area (Å²) in [5.41, 5.74) is 1.12. The van der Waals surface area contributed by atoms with E-state index >= 15 is 0 Å². The Bertz CT molecular complexity index is 499. The van der Waals surface area contributed by atoms with Crippen LogP contribution in [0.1, 0.15) is 18.2 Å². The van der Waals surface area contributed by atoms with Gasteiger partial charge in [0.05, 0.1) is 12.5 Å². The molecule has 0 unspecified atom stereocenters. The van der Waals surface area contributed by atoms with Crippen molar-refractivity contribution in [2.24, 2.45) is 0 Å². The number of pyridine rings is 1. The molecule has 5 heteroatoms. The van der Waals surface area contributed by atoms with Crippen molar-refractivity contribution < 1.29 is 9.15 Å². The van der Waals surface area contributed by atoms with Crippen molar-refractivity contribution in [1.82, 2.24) is 10.3 Å². The highest BCUT2D eigenvalue weighted by Crippen LogP contribution is 2.18. The molecular weight excluding hydrogens is 296 g/mol. The summed E-state index contributed by atoms with van der Waals surface area (Å²) in [6.45, 7) is 4.21. The van der Waals surface area contributed by atoms with Gasteiger partial charge in [-0.15, -0.1) is 0 Å². The Morgan fingerprint density at radius 3 is 3.11 bits per heavy atom. The zero-order valence-electron chi connectivity index (χ0n) is 10.1. The molecule has 1 N–H and O–H groups in total. The van der Waals surface area contributed by atoms with E-state index in [1.807, 2.05) is 12.1 Å². The Balaban J connectivity index is 1.95. The molecule has 0 atom stereocenters. The van der Waals surface area contributed by atoms with Gasteiger partial charge in [0.1, 0.15) is 18.1 Å². The van der Waals surface area contributed by atoms with Gasteiger partial charge in [0.15, 0.2) is 0 Å². The van der Waals surface area contributed by atoms with Gasteiger partial charge >= 0.3 is 0 Å². The smallest absolute Gasteiger partial charge is 0.146 e. The second-order valence-corrected chi connectivity index (χ2v) is 4.69. The van der Waals surface area contributed by atoms with Crippen molar-refractivity contribution >= 4 is 15.9 Å². The monoisotopic (exact) mass is 310 g/mol. The minimum atomic E-state index is 0.409. The molecule has 0 fully saturated rings. The molecule has 2 heterocycles. The quantitative estimate of drug-likeness (QED) is 0.890. The normalized spacial score (nSPS) is 10.6. The molecule has 0 aliphatic rings. The van der Waals surface area contributed by atoms with Crippen LogP contribution in [-0.2, 0) is 13.2 Å². The standard InChI is InChI=1S/C13H15BrN2O2/c1-2-15-6-10-3-4-17-13(10)9-18-12-5-11(14)7-16-8-12/h3-5,7-8,15H,2,6,9H2,1H3. The Morgan fingerprint density at radius 2 is 2.33 bits per heavy atom. The molecule has 0 radical (unpaired) electrons. The van der Waals surface area contributed by atoms with Crippen LogP contribution in [0.3, 0.4) is 0 Å². The summed E-state index contributed by atoms with van der Waals surface area (Å²) in [6, 6.07) is 3.83. The molecule has 0 aliphatic carbocycles. The van der Waals surface area contributed by atoms with E-state index in [-0.39, 0.29) is 0 Å². The molecule has 0 aliphatic heterocycles. The summed E-state index contributed by atoms with van der Waals surface area (Å²) < 4.78 is 12.0. The minimum absolute atomic E-state index is 0.409. The van der Waals surface area contributed by atoms with Crippen LogP contribution in [0.4, 0.5) is 0 Å². The van der Waals surface area contributed by atoms with E-state index in [4.69, 9.17) is 9.15 Å². The van der Waals surface area contributed by atoms with Gasteiger partial charge in [-0.1, -0.05) is 6.92 Å². The number of hydrogen-bond acceptors (Lipinski definition) is 4. The van der Waals surface area contributed by atoms with Crippen LogP contribution >= 0.6 is 15.9 Å². The van der Waals surface area contributed by atoms with Gasteiger partial charge in [0.25, 0.3) is 0 Å². The van der Waals surface area contributed by atoms with Crippen LogP contribution < -0.4 is 10.1 Å². The van der Waals surface area contributed by atoms with Gasteiger partial charge in [0, 0.05) is 22.8 Å². The molecule has 0 spiro atoms. The SMILES string of the molecule is CCNCc1ccoc1COc1cncc(Br)c1. The molecule has 0 amide bonds. The predicted molar refractivity (Wildman–Crippen MR) is 72.4 cm³/mol. The minimum Gasteiger partial charge on any atom is -0.484 e. The maximum absolute atomic E-state index is 5.64. The molecule has 2 aromatic heterocycles. The van der Waals surface area contributed by atoms with Crippen LogP contribution in [0.25, 0.3) is 0 Å². The fourth-order valence-corrected chi connectivity index (χ4v) is 1.87. The maximum atomic E-state index is 5.64. The second kappa shape index (κ2) is 6.56. The first-order valence-corrected chi connectivity index (χ1v) is 6.58. The van der Waals surface area contributed by atoms with Gasteiger partial charge in [-0.2, -0.15) is 0 Å². The fraction of sp³-hybridized carbons (Fsp3) is 0.308. The summed E-state index contributed by atoms with van der Waals surface area (Å²) in [4.78, 5) is 4.04. The first-order chi connectivity index (χ1) is 8.79. The zero-order chi connectivity index (χ0) is 12.8. The lowest BCUT2D eigenvalue weighted by atomic mass is 10.2. The molecule has 2 aromatic rings. The number of nitrogens with one attached hydrogen (secondary N) is 1. The molecule has 96 valence electrons. The van der Waals surface area contributed by atoms with Crippen molar-refractivity contribution in [1.29, 1.82) is 0 Å². The van der Waals surface area contributed by atoms with Gasteiger partial charge in [-0.05, 0) is 34.6 Å². The molecule has 0 saturated heterocycles. The van der Waals surface area contributed by atoms with Gasteiger partial charge < -0.3 is 14.5 Å².